The third-order valence-corrected chi connectivity index (χ3v) is 4.75. The van der Waals surface area contributed by atoms with Crippen LogP contribution in [0.1, 0.15) is 45.4 Å². The minimum absolute atomic E-state index is 0.324. The van der Waals surface area contributed by atoms with Gasteiger partial charge >= 0.3 is 0 Å². The molecular formula is C13H21NO. The Labute approximate surface area is 91.8 Å². The molecule has 0 radical (unpaired) electrons. The Balaban J connectivity index is 1.55. The molecule has 3 aliphatic carbocycles. The van der Waals surface area contributed by atoms with Crippen LogP contribution in [0.2, 0.25) is 0 Å². The average molecular weight is 207 g/mol. The summed E-state index contributed by atoms with van der Waals surface area (Å²) in [5, 5.41) is 3.23. The summed E-state index contributed by atoms with van der Waals surface area (Å²) in [5.41, 5.74) is 0. The molecule has 3 saturated carbocycles. The summed E-state index contributed by atoms with van der Waals surface area (Å²) < 4.78 is 0. The fourth-order valence-corrected chi connectivity index (χ4v) is 3.70. The van der Waals surface area contributed by atoms with Crippen molar-refractivity contribution in [2.75, 3.05) is 0 Å². The van der Waals surface area contributed by atoms with Crippen molar-refractivity contribution in [3.63, 3.8) is 0 Å². The van der Waals surface area contributed by atoms with Crippen LogP contribution in [0.4, 0.5) is 0 Å². The number of carbonyl (C=O) groups is 1. The second-order valence-corrected chi connectivity index (χ2v) is 5.91. The molecule has 2 nitrogen and oxygen atoms in total. The van der Waals surface area contributed by atoms with Gasteiger partial charge in [0.1, 0.15) is 0 Å². The number of hydrogen-bond acceptors (Lipinski definition) is 1. The molecule has 0 aromatic carbocycles. The lowest BCUT2D eigenvalue weighted by Crippen LogP contribution is -2.40. The van der Waals surface area contributed by atoms with Gasteiger partial charge in [-0.15, -0.1) is 0 Å². The largest absolute Gasteiger partial charge is 0.353 e. The number of nitrogens with one attached hydrogen (secondary N) is 1. The van der Waals surface area contributed by atoms with Gasteiger partial charge in [-0.05, 0) is 56.8 Å². The van der Waals surface area contributed by atoms with Crippen LogP contribution in [-0.2, 0) is 4.79 Å². The van der Waals surface area contributed by atoms with E-state index in [-0.39, 0.29) is 0 Å². The summed E-state index contributed by atoms with van der Waals surface area (Å²) in [7, 11) is 0. The van der Waals surface area contributed by atoms with Crippen LogP contribution >= 0.6 is 0 Å². The van der Waals surface area contributed by atoms with E-state index >= 15 is 0 Å². The van der Waals surface area contributed by atoms with Crippen LogP contribution in [0.25, 0.3) is 0 Å². The van der Waals surface area contributed by atoms with Gasteiger partial charge in [-0.3, -0.25) is 4.79 Å². The zero-order valence-electron chi connectivity index (χ0n) is 9.54. The van der Waals surface area contributed by atoms with Crippen molar-refractivity contribution >= 4 is 5.91 Å². The van der Waals surface area contributed by atoms with Gasteiger partial charge in [-0.2, -0.15) is 0 Å². The molecule has 3 fully saturated rings. The monoisotopic (exact) mass is 207 g/mol. The topological polar surface area (TPSA) is 29.1 Å². The molecule has 15 heavy (non-hydrogen) atoms. The van der Waals surface area contributed by atoms with E-state index in [2.05, 4.69) is 12.2 Å². The molecule has 0 unspecified atom stereocenters. The molecular weight excluding hydrogens is 186 g/mol. The van der Waals surface area contributed by atoms with Gasteiger partial charge in [-0.25, -0.2) is 0 Å². The van der Waals surface area contributed by atoms with E-state index in [1.165, 1.54) is 25.7 Å². The lowest BCUT2D eigenvalue weighted by molar-refractivity contribution is -0.123. The second kappa shape index (κ2) is 3.50. The van der Waals surface area contributed by atoms with Gasteiger partial charge in [0.05, 0.1) is 0 Å². The molecule has 3 aliphatic rings. The summed E-state index contributed by atoms with van der Waals surface area (Å²) in [5.74, 6) is 3.38. The van der Waals surface area contributed by atoms with E-state index in [0.29, 0.717) is 17.9 Å². The number of carbonyl (C=O) groups excluding carboxylic acids is 1. The molecule has 2 heteroatoms. The molecule has 0 spiro atoms. The van der Waals surface area contributed by atoms with Gasteiger partial charge in [0.2, 0.25) is 5.91 Å². The summed E-state index contributed by atoms with van der Waals surface area (Å²) in [6, 6.07) is 0.424. The van der Waals surface area contributed by atoms with Crippen molar-refractivity contribution in [1.82, 2.24) is 5.32 Å². The van der Waals surface area contributed by atoms with E-state index in [9.17, 15) is 4.79 Å². The van der Waals surface area contributed by atoms with E-state index in [0.717, 1.165) is 30.6 Å². The highest BCUT2D eigenvalue weighted by Crippen LogP contribution is 2.49. The maximum atomic E-state index is 11.7. The number of rotatable bonds is 3. The highest BCUT2D eigenvalue weighted by Gasteiger charge is 2.42. The standard InChI is InChI=1S/C13H21NO/c1-8(14-13(15)10-4-5-10)12-7-9-2-3-11(12)6-9/h8-12H,2-7H2,1H3,(H,14,15)/t8-,9+,11+,12+/m0/s1. The van der Waals surface area contributed by atoms with E-state index in [4.69, 9.17) is 0 Å². The molecule has 0 saturated heterocycles. The summed E-state index contributed by atoms with van der Waals surface area (Å²) in [6.45, 7) is 2.21. The Hall–Kier alpha value is -0.530. The maximum absolute atomic E-state index is 11.7. The van der Waals surface area contributed by atoms with Crippen molar-refractivity contribution in [2.45, 2.75) is 51.5 Å². The predicted molar refractivity (Wildman–Crippen MR) is 59.3 cm³/mol. The van der Waals surface area contributed by atoms with Crippen LogP contribution in [0.15, 0.2) is 0 Å². The first-order chi connectivity index (χ1) is 7.24. The highest BCUT2D eigenvalue weighted by molar-refractivity contribution is 5.81. The van der Waals surface area contributed by atoms with Gasteiger partial charge < -0.3 is 5.32 Å². The molecule has 0 aromatic heterocycles. The molecule has 4 atom stereocenters. The first-order valence-electron chi connectivity index (χ1n) is 6.54. The normalized spacial score (nSPS) is 40.5. The predicted octanol–water partition coefficient (Wildman–Crippen LogP) is 2.34. The van der Waals surface area contributed by atoms with Crippen LogP contribution < -0.4 is 5.32 Å². The smallest absolute Gasteiger partial charge is 0.223 e. The fourth-order valence-electron chi connectivity index (χ4n) is 3.70. The van der Waals surface area contributed by atoms with Crippen molar-refractivity contribution in [3.8, 4) is 0 Å². The van der Waals surface area contributed by atoms with Gasteiger partial charge in [0, 0.05) is 12.0 Å². The second-order valence-electron chi connectivity index (χ2n) is 5.91. The lowest BCUT2D eigenvalue weighted by atomic mass is 9.84. The van der Waals surface area contributed by atoms with Crippen molar-refractivity contribution in [2.24, 2.45) is 23.7 Å². The molecule has 84 valence electrons. The number of amides is 1. The zero-order valence-corrected chi connectivity index (χ0v) is 9.54. The molecule has 0 aromatic rings. The maximum Gasteiger partial charge on any atom is 0.223 e. The minimum Gasteiger partial charge on any atom is -0.353 e. The van der Waals surface area contributed by atoms with E-state index in [1.54, 1.807) is 0 Å². The molecule has 1 N–H and O–H groups in total. The lowest BCUT2D eigenvalue weighted by Gasteiger charge is -2.28. The van der Waals surface area contributed by atoms with Crippen LogP contribution in [-0.4, -0.2) is 11.9 Å². The minimum atomic E-state index is 0.324. The van der Waals surface area contributed by atoms with Crippen molar-refractivity contribution in [1.29, 1.82) is 0 Å². The Bertz CT molecular complexity index is 272. The Morgan fingerprint density at radius 3 is 2.53 bits per heavy atom. The van der Waals surface area contributed by atoms with Gasteiger partial charge in [0.15, 0.2) is 0 Å². The molecule has 1 amide bonds. The first-order valence-corrected chi connectivity index (χ1v) is 6.54. The Morgan fingerprint density at radius 1 is 1.20 bits per heavy atom. The SMILES string of the molecule is C[C@H](NC(=O)C1CC1)[C@H]1C[C@@H]2CC[C@@H]1C2. The zero-order chi connectivity index (χ0) is 10.4. The third kappa shape index (κ3) is 1.79. The summed E-state index contributed by atoms with van der Waals surface area (Å²) in [6.07, 6.45) is 7.92. The third-order valence-electron chi connectivity index (χ3n) is 4.75. The van der Waals surface area contributed by atoms with Crippen LogP contribution in [0, 0.1) is 23.7 Å². The van der Waals surface area contributed by atoms with E-state index < -0.39 is 0 Å². The quantitative estimate of drug-likeness (QED) is 0.756. The summed E-state index contributed by atoms with van der Waals surface area (Å²) >= 11 is 0. The molecule has 3 rings (SSSR count). The van der Waals surface area contributed by atoms with Gasteiger partial charge in [-0.1, -0.05) is 6.42 Å². The Morgan fingerprint density at radius 2 is 2.00 bits per heavy atom. The van der Waals surface area contributed by atoms with Crippen molar-refractivity contribution in [3.05, 3.63) is 0 Å². The fraction of sp³-hybridized carbons (Fsp3) is 0.923. The molecule has 0 heterocycles. The number of hydrogen-bond donors (Lipinski definition) is 1. The molecule has 0 aliphatic heterocycles. The van der Waals surface area contributed by atoms with Crippen LogP contribution in [0.5, 0.6) is 0 Å². The Kier molecular flexibility index (Phi) is 2.26. The van der Waals surface area contributed by atoms with Crippen LogP contribution in [0.3, 0.4) is 0 Å². The summed E-state index contributed by atoms with van der Waals surface area (Å²) in [4.78, 5) is 11.7. The molecule has 2 bridgehead atoms. The van der Waals surface area contributed by atoms with E-state index in [1.807, 2.05) is 0 Å². The average Bonchev–Trinajstić information content (AvgIpc) is 2.87. The van der Waals surface area contributed by atoms with Gasteiger partial charge in [0.25, 0.3) is 0 Å². The first kappa shape index (κ1) is 9.68. The van der Waals surface area contributed by atoms with Crippen molar-refractivity contribution < 1.29 is 4.79 Å². The number of fused-ring (bicyclic) bond motifs is 2. The highest BCUT2D eigenvalue weighted by atomic mass is 16.2.